The van der Waals surface area contributed by atoms with Crippen LogP contribution in [0.2, 0.25) is 0 Å². The van der Waals surface area contributed by atoms with Gasteiger partial charge in [0, 0.05) is 0 Å². The van der Waals surface area contributed by atoms with Crippen molar-refractivity contribution in [1.82, 2.24) is 0 Å². The van der Waals surface area contributed by atoms with Crippen LogP contribution in [0.25, 0.3) is 0 Å². The van der Waals surface area contributed by atoms with Crippen molar-refractivity contribution in [1.29, 1.82) is 0 Å². The molecule has 0 unspecified atom stereocenters. The van der Waals surface area contributed by atoms with Crippen LogP contribution in [0.1, 0.15) is 142 Å². The number of hydrogen-bond donors (Lipinski definition) is 1. The van der Waals surface area contributed by atoms with Gasteiger partial charge in [-0.05, 0) is 12.8 Å². The highest BCUT2D eigenvalue weighted by Gasteiger charge is 2.26. The van der Waals surface area contributed by atoms with Crippen molar-refractivity contribution in [2.75, 3.05) is 13.2 Å². The molecule has 0 aliphatic carbocycles. The molecule has 6 heteroatoms. The summed E-state index contributed by atoms with van der Waals surface area (Å²) in [6, 6.07) is 0. The van der Waals surface area contributed by atoms with Crippen molar-refractivity contribution in [2.24, 2.45) is 0 Å². The molecule has 0 saturated heterocycles. The average molecular weight is 451 g/mol. The fourth-order valence-electron chi connectivity index (χ4n) is 3.62. The predicted molar refractivity (Wildman–Crippen MR) is 127 cm³/mol. The van der Waals surface area contributed by atoms with E-state index in [2.05, 4.69) is 18.5 Å². The highest BCUT2D eigenvalue weighted by Crippen LogP contribution is 2.48. The third-order valence-electron chi connectivity index (χ3n) is 5.59. The normalized spacial score (nSPS) is 12.0. The summed E-state index contributed by atoms with van der Waals surface area (Å²) in [5.41, 5.74) is 0. The first-order valence-corrected chi connectivity index (χ1v) is 14.4. The molecular formula is C24H51O5P. The van der Waals surface area contributed by atoms with Crippen molar-refractivity contribution in [3.8, 4) is 0 Å². The molecule has 0 aromatic rings. The maximum absolute atomic E-state index is 12.2. The van der Waals surface area contributed by atoms with Crippen LogP contribution in [0.4, 0.5) is 0 Å². The Morgan fingerprint density at radius 3 is 1.03 bits per heavy atom. The third-order valence-corrected chi connectivity index (χ3v) is 6.79. The first-order valence-electron chi connectivity index (χ1n) is 12.9. The molecule has 1 N–H and O–H groups in total. The maximum atomic E-state index is 12.2. The van der Waals surface area contributed by atoms with Gasteiger partial charge < -0.3 is 0 Å². The molecule has 0 aromatic carbocycles. The molecule has 0 amide bonds. The van der Waals surface area contributed by atoms with Crippen LogP contribution in [0.15, 0.2) is 0 Å². The summed E-state index contributed by atoms with van der Waals surface area (Å²) in [7, 11) is -3.80. The van der Waals surface area contributed by atoms with Crippen molar-refractivity contribution in [3.63, 3.8) is 0 Å². The fourth-order valence-corrected chi connectivity index (χ4v) is 4.49. The number of phosphoric acid groups is 1. The van der Waals surface area contributed by atoms with Gasteiger partial charge in [0.2, 0.25) is 0 Å². The standard InChI is InChI=1S/C24H51O5P/c1-3-5-7-9-11-13-15-17-19-21-23-27-30(26,29-25)28-24-22-20-18-16-14-12-10-8-6-4-2/h25H,3-24H2,1-2H3. The van der Waals surface area contributed by atoms with E-state index >= 15 is 0 Å². The molecule has 0 fully saturated rings. The largest absolute Gasteiger partial charge is 0.501 e. The highest BCUT2D eigenvalue weighted by atomic mass is 31.2. The van der Waals surface area contributed by atoms with Gasteiger partial charge in [-0.1, -0.05) is 129 Å². The van der Waals surface area contributed by atoms with Gasteiger partial charge in [0.05, 0.1) is 13.2 Å². The summed E-state index contributed by atoms with van der Waals surface area (Å²) in [6.45, 7) is 5.08. The molecule has 0 atom stereocenters. The lowest BCUT2D eigenvalue weighted by Crippen LogP contribution is -2.01. The molecule has 0 saturated carbocycles. The summed E-state index contributed by atoms with van der Waals surface area (Å²) >= 11 is 0. The molecule has 0 radical (unpaired) electrons. The number of rotatable bonds is 25. The lowest BCUT2D eigenvalue weighted by atomic mass is 10.1. The zero-order valence-corrected chi connectivity index (χ0v) is 21.0. The molecule has 0 aliphatic rings. The first-order chi connectivity index (χ1) is 14.7. The fraction of sp³-hybridized carbons (Fsp3) is 1.00. The van der Waals surface area contributed by atoms with Crippen LogP contribution in [0, 0.1) is 0 Å². The van der Waals surface area contributed by atoms with E-state index in [0.717, 1.165) is 25.7 Å². The maximum Gasteiger partial charge on any atom is 0.501 e. The molecule has 5 nitrogen and oxygen atoms in total. The van der Waals surface area contributed by atoms with E-state index in [9.17, 15) is 4.57 Å². The Labute approximate surface area is 187 Å². The Bertz CT molecular complexity index is 349. The number of hydrogen-bond acceptors (Lipinski definition) is 5. The van der Waals surface area contributed by atoms with E-state index in [4.69, 9.17) is 14.3 Å². The minimum atomic E-state index is -3.80. The summed E-state index contributed by atoms with van der Waals surface area (Å²) in [5.74, 6) is 0. The second-order valence-electron chi connectivity index (χ2n) is 8.56. The molecule has 0 bridgehead atoms. The van der Waals surface area contributed by atoms with Gasteiger partial charge in [-0.25, -0.2) is 9.82 Å². The van der Waals surface area contributed by atoms with Crippen LogP contribution in [0.3, 0.4) is 0 Å². The third kappa shape index (κ3) is 21.3. The quantitative estimate of drug-likeness (QED) is 0.0649. The minimum absolute atomic E-state index is 0.298. The van der Waals surface area contributed by atoms with Gasteiger partial charge in [0.15, 0.2) is 0 Å². The van der Waals surface area contributed by atoms with Crippen LogP contribution < -0.4 is 0 Å². The van der Waals surface area contributed by atoms with Gasteiger partial charge in [0.1, 0.15) is 0 Å². The average Bonchev–Trinajstić information content (AvgIpc) is 2.76. The van der Waals surface area contributed by atoms with Gasteiger partial charge >= 0.3 is 7.82 Å². The summed E-state index contributed by atoms with van der Waals surface area (Å²) < 4.78 is 26.6. The summed E-state index contributed by atoms with van der Waals surface area (Å²) in [5, 5.41) is 8.89. The lowest BCUT2D eigenvalue weighted by Gasteiger charge is -2.14. The monoisotopic (exact) mass is 450 g/mol. The molecule has 0 spiro atoms. The first kappa shape index (κ1) is 30.1. The summed E-state index contributed by atoms with van der Waals surface area (Å²) in [6.07, 6.45) is 24.5. The van der Waals surface area contributed by atoms with Crippen molar-refractivity contribution in [2.45, 2.75) is 142 Å². The molecular weight excluding hydrogens is 399 g/mol. The van der Waals surface area contributed by atoms with Crippen LogP contribution >= 0.6 is 7.82 Å². The Morgan fingerprint density at radius 1 is 0.500 bits per heavy atom. The number of phosphoric ester groups is 1. The van der Waals surface area contributed by atoms with E-state index in [1.54, 1.807) is 0 Å². The second-order valence-corrected chi connectivity index (χ2v) is 10.1. The molecule has 182 valence electrons. The zero-order chi connectivity index (χ0) is 22.2. The molecule has 0 aromatic heterocycles. The van der Waals surface area contributed by atoms with E-state index in [1.165, 1.54) is 103 Å². The van der Waals surface area contributed by atoms with Crippen LogP contribution in [0.5, 0.6) is 0 Å². The Hall–Kier alpha value is 0.0700. The lowest BCUT2D eigenvalue weighted by molar-refractivity contribution is -0.166. The number of unbranched alkanes of at least 4 members (excludes halogenated alkanes) is 18. The Morgan fingerprint density at radius 2 is 0.767 bits per heavy atom. The Balaban J connectivity index is 3.46. The SMILES string of the molecule is CCCCCCCCCCCCOP(=O)(OO)OCCCCCCCCCCCC. The smallest absolute Gasteiger partial charge is 0.285 e. The molecule has 0 aliphatic heterocycles. The molecule has 0 rings (SSSR count). The van der Waals surface area contributed by atoms with E-state index in [-0.39, 0.29) is 0 Å². The summed E-state index contributed by atoms with van der Waals surface area (Å²) in [4.78, 5) is 0. The Kier molecular flexibility index (Phi) is 23.8. The van der Waals surface area contributed by atoms with Crippen LogP contribution in [-0.2, 0) is 18.3 Å². The van der Waals surface area contributed by atoms with E-state index < -0.39 is 7.82 Å². The van der Waals surface area contributed by atoms with Gasteiger partial charge in [-0.15, -0.1) is 4.67 Å². The second kappa shape index (κ2) is 23.7. The minimum Gasteiger partial charge on any atom is -0.285 e. The van der Waals surface area contributed by atoms with Crippen molar-refractivity contribution >= 4 is 7.82 Å². The van der Waals surface area contributed by atoms with E-state index in [1.807, 2.05) is 0 Å². The zero-order valence-electron chi connectivity index (χ0n) is 20.1. The van der Waals surface area contributed by atoms with Gasteiger partial charge in [0.25, 0.3) is 0 Å². The predicted octanol–water partition coefficient (Wildman–Crippen LogP) is 9.46. The highest BCUT2D eigenvalue weighted by molar-refractivity contribution is 7.48. The van der Waals surface area contributed by atoms with Crippen LogP contribution in [-0.4, -0.2) is 18.5 Å². The van der Waals surface area contributed by atoms with Gasteiger partial charge in [-0.2, -0.15) is 0 Å². The van der Waals surface area contributed by atoms with Crippen molar-refractivity contribution in [3.05, 3.63) is 0 Å². The molecule has 30 heavy (non-hydrogen) atoms. The topological polar surface area (TPSA) is 65.0 Å². The van der Waals surface area contributed by atoms with Gasteiger partial charge in [-0.3, -0.25) is 9.05 Å². The molecule has 0 heterocycles. The van der Waals surface area contributed by atoms with Crippen molar-refractivity contribution < 1.29 is 23.5 Å². The van der Waals surface area contributed by atoms with E-state index in [0.29, 0.717) is 13.2 Å².